The second-order valence-corrected chi connectivity index (χ2v) is 5.90. The van der Waals surface area contributed by atoms with Gasteiger partial charge in [-0.15, -0.1) is 0 Å². The number of nitrogens with one attached hydrogen (secondary N) is 1. The van der Waals surface area contributed by atoms with E-state index < -0.39 is 0 Å². The molecule has 0 aliphatic carbocycles. The van der Waals surface area contributed by atoms with Crippen LogP contribution in [-0.2, 0) is 0 Å². The van der Waals surface area contributed by atoms with E-state index >= 15 is 0 Å². The Labute approximate surface area is 132 Å². The van der Waals surface area contributed by atoms with Crippen LogP contribution in [0, 0.1) is 5.82 Å². The number of rotatable bonds is 5. The summed E-state index contributed by atoms with van der Waals surface area (Å²) in [5.74, 6) is -0.242. The molecule has 0 amide bonds. The van der Waals surface area contributed by atoms with Gasteiger partial charge >= 0.3 is 0 Å². The monoisotopic (exact) mass is 355 g/mol. The number of hydrogen-bond donors (Lipinski definition) is 1. The van der Waals surface area contributed by atoms with Crippen LogP contribution >= 0.6 is 27.5 Å². The van der Waals surface area contributed by atoms with Crippen LogP contribution in [0.15, 0.2) is 46.9 Å². The molecule has 0 bridgehead atoms. The lowest BCUT2D eigenvalue weighted by atomic mass is 9.98. The molecule has 106 valence electrons. The van der Waals surface area contributed by atoms with E-state index in [2.05, 4.69) is 28.2 Å². The summed E-state index contributed by atoms with van der Waals surface area (Å²) in [4.78, 5) is 0. The Balaban J connectivity index is 2.44. The molecule has 0 spiro atoms. The van der Waals surface area contributed by atoms with Crippen LogP contribution in [0.2, 0.25) is 5.02 Å². The maximum absolute atomic E-state index is 13.6. The molecule has 0 saturated heterocycles. The van der Waals surface area contributed by atoms with Crippen molar-refractivity contribution in [1.29, 1.82) is 0 Å². The van der Waals surface area contributed by atoms with E-state index in [9.17, 15) is 4.39 Å². The molecule has 1 unspecified atom stereocenters. The third-order valence-electron chi connectivity index (χ3n) is 3.05. The normalized spacial score (nSPS) is 12.4. The summed E-state index contributed by atoms with van der Waals surface area (Å²) in [6.45, 7) is 2.95. The van der Waals surface area contributed by atoms with Crippen LogP contribution in [0.25, 0.3) is 0 Å². The third-order valence-corrected chi connectivity index (χ3v) is 4.01. The quantitative estimate of drug-likeness (QED) is 0.763. The lowest BCUT2D eigenvalue weighted by molar-refractivity contribution is 0.583. The van der Waals surface area contributed by atoms with Crippen molar-refractivity contribution in [2.24, 2.45) is 0 Å². The van der Waals surface area contributed by atoms with Gasteiger partial charge in [0.25, 0.3) is 0 Å². The Morgan fingerprint density at radius 3 is 2.75 bits per heavy atom. The van der Waals surface area contributed by atoms with Crippen molar-refractivity contribution in [1.82, 2.24) is 5.32 Å². The van der Waals surface area contributed by atoms with Gasteiger partial charge in [0.05, 0.1) is 6.04 Å². The van der Waals surface area contributed by atoms with Gasteiger partial charge in [0.2, 0.25) is 0 Å². The molecule has 1 N–H and O–H groups in total. The molecule has 0 radical (unpaired) electrons. The van der Waals surface area contributed by atoms with Gasteiger partial charge in [0, 0.05) is 9.50 Å². The van der Waals surface area contributed by atoms with E-state index in [1.54, 1.807) is 12.1 Å². The Kier molecular flexibility index (Phi) is 5.58. The van der Waals surface area contributed by atoms with Gasteiger partial charge in [-0.25, -0.2) is 4.39 Å². The maximum atomic E-state index is 13.6. The predicted molar refractivity (Wildman–Crippen MR) is 85.7 cm³/mol. The van der Waals surface area contributed by atoms with Crippen LogP contribution in [0.4, 0.5) is 4.39 Å². The standard InChI is InChI=1S/C16H16BrClFN/c1-2-8-20-16(11-4-3-5-12(18)9-11)14-10-13(19)6-7-15(14)17/h3-7,9-10,16,20H,2,8H2,1H3. The topological polar surface area (TPSA) is 12.0 Å². The fraction of sp³-hybridized carbons (Fsp3) is 0.250. The zero-order valence-corrected chi connectivity index (χ0v) is 13.5. The van der Waals surface area contributed by atoms with Gasteiger partial charge in [-0.3, -0.25) is 0 Å². The molecular formula is C16H16BrClFN. The molecule has 2 aromatic rings. The average molecular weight is 357 g/mol. The highest BCUT2D eigenvalue weighted by atomic mass is 79.9. The second-order valence-electron chi connectivity index (χ2n) is 4.61. The minimum atomic E-state index is -0.242. The van der Waals surface area contributed by atoms with Crippen LogP contribution in [0.3, 0.4) is 0 Å². The van der Waals surface area contributed by atoms with E-state index in [1.807, 2.05) is 24.3 Å². The molecule has 2 rings (SSSR count). The average Bonchev–Trinajstić information content (AvgIpc) is 2.43. The lowest BCUT2D eigenvalue weighted by Gasteiger charge is -2.21. The zero-order valence-electron chi connectivity index (χ0n) is 11.2. The molecular weight excluding hydrogens is 341 g/mol. The van der Waals surface area contributed by atoms with E-state index in [1.165, 1.54) is 6.07 Å². The largest absolute Gasteiger partial charge is 0.306 e. The number of benzene rings is 2. The van der Waals surface area contributed by atoms with Crippen LogP contribution in [0.1, 0.15) is 30.5 Å². The van der Waals surface area contributed by atoms with Crippen LogP contribution in [-0.4, -0.2) is 6.54 Å². The van der Waals surface area contributed by atoms with E-state index in [-0.39, 0.29) is 11.9 Å². The minimum Gasteiger partial charge on any atom is -0.306 e. The Morgan fingerprint density at radius 2 is 2.05 bits per heavy atom. The molecule has 1 nitrogen and oxygen atoms in total. The summed E-state index contributed by atoms with van der Waals surface area (Å²) in [7, 11) is 0. The fourth-order valence-electron chi connectivity index (χ4n) is 2.12. The van der Waals surface area contributed by atoms with E-state index in [0.717, 1.165) is 28.6 Å². The van der Waals surface area contributed by atoms with Crippen molar-refractivity contribution in [3.05, 3.63) is 68.9 Å². The first-order valence-electron chi connectivity index (χ1n) is 6.55. The Hall–Kier alpha value is -0.900. The fourth-order valence-corrected chi connectivity index (χ4v) is 2.79. The van der Waals surface area contributed by atoms with Crippen molar-refractivity contribution >= 4 is 27.5 Å². The highest BCUT2D eigenvalue weighted by molar-refractivity contribution is 9.10. The first-order chi connectivity index (χ1) is 9.61. The van der Waals surface area contributed by atoms with Crippen molar-refractivity contribution < 1.29 is 4.39 Å². The molecule has 0 saturated carbocycles. The first-order valence-corrected chi connectivity index (χ1v) is 7.72. The molecule has 1 atom stereocenters. The predicted octanol–water partition coefficient (Wildman–Crippen LogP) is 5.33. The highest BCUT2D eigenvalue weighted by Gasteiger charge is 2.17. The second kappa shape index (κ2) is 7.21. The molecule has 0 aliphatic heterocycles. The molecule has 0 aromatic heterocycles. The Morgan fingerprint density at radius 1 is 1.25 bits per heavy atom. The van der Waals surface area contributed by atoms with Gasteiger partial charge in [-0.05, 0) is 54.4 Å². The first kappa shape index (κ1) is 15.5. The summed E-state index contributed by atoms with van der Waals surface area (Å²) >= 11 is 9.57. The summed E-state index contributed by atoms with van der Waals surface area (Å²) in [6.07, 6.45) is 1.00. The van der Waals surface area contributed by atoms with Gasteiger partial charge in [-0.1, -0.05) is 46.6 Å². The summed E-state index contributed by atoms with van der Waals surface area (Å²) < 4.78 is 14.4. The van der Waals surface area contributed by atoms with Crippen LogP contribution < -0.4 is 5.32 Å². The van der Waals surface area contributed by atoms with Crippen molar-refractivity contribution in [2.45, 2.75) is 19.4 Å². The van der Waals surface area contributed by atoms with Crippen molar-refractivity contribution in [2.75, 3.05) is 6.54 Å². The minimum absolute atomic E-state index is 0.0845. The SMILES string of the molecule is CCCNC(c1cccc(Cl)c1)c1cc(F)ccc1Br. The third kappa shape index (κ3) is 3.81. The van der Waals surface area contributed by atoms with Crippen molar-refractivity contribution in [3.63, 3.8) is 0 Å². The van der Waals surface area contributed by atoms with Crippen LogP contribution in [0.5, 0.6) is 0 Å². The van der Waals surface area contributed by atoms with Crippen molar-refractivity contribution in [3.8, 4) is 0 Å². The van der Waals surface area contributed by atoms with Gasteiger partial charge in [0.15, 0.2) is 0 Å². The molecule has 0 aliphatic rings. The highest BCUT2D eigenvalue weighted by Crippen LogP contribution is 2.30. The smallest absolute Gasteiger partial charge is 0.123 e. The van der Waals surface area contributed by atoms with Gasteiger partial charge in [-0.2, -0.15) is 0 Å². The molecule has 0 fully saturated rings. The molecule has 2 aromatic carbocycles. The van der Waals surface area contributed by atoms with Gasteiger partial charge < -0.3 is 5.32 Å². The van der Waals surface area contributed by atoms with Gasteiger partial charge in [0.1, 0.15) is 5.82 Å². The zero-order chi connectivity index (χ0) is 14.5. The number of hydrogen-bond acceptors (Lipinski definition) is 1. The van der Waals surface area contributed by atoms with E-state index in [0.29, 0.717) is 5.02 Å². The lowest BCUT2D eigenvalue weighted by Crippen LogP contribution is -2.23. The molecule has 20 heavy (non-hydrogen) atoms. The van der Waals surface area contributed by atoms with E-state index in [4.69, 9.17) is 11.6 Å². The molecule has 4 heteroatoms. The summed E-state index contributed by atoms with van der Waals surface area (Å²) in [6, 6.07) is 12.3. The Bertz CT molecular complexity index is 588. The summed E-state index contributed by atoms with van der Waals surface area (Å²) in [5, 5.41) is 4.12. The molecule has 0 heterocycles. The summed E-state index contributed by atoms with van der Waals surface area (Å²) in [5.41, 5.74) is 1.90. The number of halogens is 3. The maximum Gasteiger partial charge on any atom is 0.123 e.